The van der Waals surface area contributed by atoms with Gasteiger partial charge in [-0.1, -0.05) is 0 Å². The first-order valence-corrected chi connectivity index (χ1v) is 5.59. The predicted molar refractivity (Wildman–Crippen MR) is 59.5 cm³/mol. The SMILES string of the molecule is CCn1ccnc1C(CCOCC(F)(F)F)NN. The maximum atomic E-state index is 11.9. The van der Waals surface area contributed by atoms with Crippen LogP contribution in [-0.2, 0) is 11.3 Å². The molecule has 18 heavy (non-hydrogen) atoms. The third-order valence-corrected chi connectivity index (χ3v) is 2.42. The highest BCUT2D eigenvalue weighted by atomic mass is 19.4. The molecule has 3 N–H and O–H groups in total. The third-order valence-electron chi connectivity index (χ3n) is 2.42. The van der Waals surface area contributed by atoms with Crippen LogP contribution < -0.4 is 11.3 Å². The molecule has 0 saturated heterocycles. The molecule has 1 atom stereocenters. The highest BCUT2D eigenvalue weighted by molar-refractivity contribution is 4.98. The number of aromatic nitrogens is 2. The van der Waals surface area contributed by atoms with Crippen molar-refractivity contribution in [2.24, 2.45) is 5.84 Å². The number of rotatable bonds is 7. The number of hydrogen-bond acceptors (Lipinski definition) is 4. The van der Waals surface area contributed by atoms with E-state index in [1.807, 2.05) is 11.5 Å². The highest BCUT2D eigenvalue weighted by Gasteiger charge is 2.27. The first-order chi connectivity index (χ1) is 8.48. The summed E-state index contributed by atoms with van der Waals surface area (Å²) >= 11 is 0. The largest absolute Gasteiger partial charge is 0.411 e. The summed E-state index contributed by atoms with van der Waals surface area (Å²) in [5.41, 5.74) is 2.53. The van der Waals surface area contributed by atoms with Gasteiger partial charge in [0.25, 0.3) is 0 Å². The first kappa shape index (κ1) is 14.9. The molecule has 8 heteroatoms. The van der Waals surface area contributed by atoms with E-state index in [0.29, 0.717) is 12.2 Å². The lowest BCUT2D eigenvalue weighted by molar-refractivity contribution is -0.174. The molecule has 0 aromatic carbocycles. The summed E-state index contributed by atoms with van der Waals surface area (Å²) in [6, 6.07) is -0.326. The van der Waals surface area contributed by atoms with Crippen molar-refractivity contribution < 1.29 is 17.9 Å². The summed E-state index contributed by atoms with van der Waals surface area (Å²) in [5.74, 6) is 6.06. The lowest BCUT2D eigenvalue weighted by atomic mass is 10.2. The van der Waals surface area contributed by atoms with Crippen molar-refractivity contribution in [2.45, 2.75) is 32.1 Å². The van der Waals surface area contributed by atoms with Crippen molar-refractivity contribution >= 4 is 0 Å². The lowest BCUT2D eigenvalue weighted by Gasteiger charge is -2.17. The predicted octanol–water partition coefficient (Wildman–Crippen LogP) is 1.38. The quantitative estimate of drug-likeness (QED) is 0.444. The van der Waals surface area contributed by atoms with Crippen LogP contribution in [0.15, 0.2) is 12.4 Å². The molecule has 0 fully saturated rings. The van der Waals surface area contributed by atoms with Gasteiger partial charge in [-0.25, -0.2) is 10.4 Å². The second kappa shape index (κ2) is 6.72. The average Bonchev–Trinajstić information content (AvgIpc) is 2.76. The monoisotopic (exact) mass is 266 g/mol. The van der Waals surface area contributed by atoms with Crippen molar-refractivity contribution in [3.63, 3.8) is 0 Å². The number of nitrogens with one attached hydrogen (secondary N) is 1. The van der Waals surface area contributed by atoms with Gasteiger partial charge in [0, 0.05) is 25.5 Å². The summed E-state index contributed by atoms with van der Waals surface area (Å²) in [5, 5.41) is 0. The Morgan fingerprint density at radius 3 is 2.83 bits per heavy atom. The van der Waals surface area contributed by atoms with E-state index in [4.69, 9.17) is 5.84 Å². The minimum atomic E-state index is -4.30. The van der Waals surface area contributed by atoms with Crippen LogP contribution >= 0.6 is 0 Å². The van der Waals surface area contributed by atoms with E-state index in [2.05, 4.69) is 15.1 Å². The Bertz CT molecular complexity index is 353. The molecular weight excluding hydrogens is 249 g/mol. The van der Waals surface area contributed by atoms with Crippen molar-refractivity contribution in [1.29, 1.82) is 0 Å². The van der Waals surface area contributed by atoms with Gasteiger partial charge >= 0.3 is 6.18 Å². The van der Waals surface area contributed by atoms with Crippen LogP contribution in [0.2, 0.25) is 0 Å². The van der Waals surface area contributed by atoms with Crippen LogP contribution in [0.25, 0.3) is 0 Å². The van der Waals surface area contributed by atoms with Gasteiger partial charge < -0.3 is 9.30 Å². The standard InChI is InChI=1S/C10H17F3N4O/c1-2-17-5-4-15-9(17)8(16-14)3-6-18-7-10(11,12)13/h4-5,8,16H,2-3,6-7,14H2,1H3. The Morgan fingerprint density at radius 1 is 1.56 bits per heavy atom. The van der Waals surface area contributed by atoms with Gasteiger partial charge in [0.05, 0.1) is 6.04 Å². The molecule has 0 saturated carbocycles. The Labute approximate surface area is 103 Å². The smallest absolute Gasteiger partial charge is 0.372 e. The van der Waals surface area contributed by atoms with Crippen LogP contribution in [0, 0.1) is 0 Å². The summed E-state index contributed by atoms with van der Waals surface area (Å²) in [7, 11) is 0. The number of nitrogens with two attached hydrogens (primary N) is 1. The number of nitrogens with zero attached hydrogens (tertiary/aromatic N) is 2. The second-order valence-electron chi connectivity index (χ2n) is 3.75. The molecule has 1 heterocycles. The van der Waals surface area contributed by atoms with E-state index in [1.165, 1.54) is 0 Å². The van der Waals surface area contributed by atoms with E-state index in [-0.39, 0.29) is 12.6 Å². The van der Waals surface area contributed by atoms with Gasteiger partial charge in [-0.2, -0.15) is 13.2 Å². The van der Waals surface area contributed by atoms with Crippen molar-refractivity contribution in [3.05, 3.63) is 18.2 Å². The van der Waals surface area contributed by atoms with Crippen LogP contribution in [0.5, 0.6) is 0 Å². The Balaban J connectivity index is 2.43. The van der Waals surface area contributed by atoms with Gasteiger partial charge in [0.1, 0.15) is 12.4 Å². The van der Waals surface area contributed by atoms with Gasteiger partial charge in [-0.05, 0) is 13.3 Å². The summed E-state index contributed by atoms with van der Waals surface area (Å²) < 4.78 is 42.0. The van der Waals surface area contributed by atoms with E-state index < -0.39 is 12.8 Å². The number of aryl methyl sites for hydroxylation is 1. The van der Waals surface area contributed by atoms with Crippen LogP contribution in [0.3, 0.4) is 0 Å². The number of imidazole rings is 1. The molecule has 0 bridgehead atoms. The molecule has 1 aromatic heterocycles. The zero-order valence-corrected chi connectivity index (χ0v) is 10.1. The van der Waals surface area contributed by atoms with E-state index in [0.717, 1.165) is 6.54 Å². The lowest BCUT2D eigenvalue weighted by Crippen LogP contribution is -2.31. The van der Waals surface area contributed by atoms with Gasteiger partial charge in [0.2, 0.25) is 0 Å². The van der Waals surface area contributed by atoms with Crippen molar-refractivity contribution in [2.75, 3.05) is 13.2 Å². The number of alkyl halides is 3. The zero-order valence-electron chi connectivity index (χ0n) is 10.1. The van der Waals surface area contributed by atoms with Crippen LogP contribution in [-0.4, -0.2) is 28.9 Å². The second-order valence-corrected chi connectivity index (χ2v) is 3.75. The number of halogens is 3. The highest BCUT2D eigenvalue weighted by Crippen LogP contribution is 2.17. The minimum Gasteiger partial charge on any atom is -0.372 e. The number of hydrogen-bond donors (Lipinski definition) is 2. The van der Waals surface area contributed by atoms with Gasteiger partial charge in [-0.15, -0.1) is 0 Å². The first-order valence-electron chi connectivity index (χ1n) is 5.59. The topological polar surface area (TPSA) is 65.1 Å². The fraction of sp³-hybridized carbons (Fsp3) is 0.700. The molecule has 5 nitrogen and oxygen atoms in total. The van der Waals surface area contributed by atoms with E-state index in [9.17, 15) is 13.2 Å². The van der Waals surface area contributed by atoms with Gasteiger partial charge in [0.15, 0.2) is 0 Å². The summed E-state index contributed by atoms with van der Waals surface area (Å²) in [6.07, 6.45) is -0.562. The van der Waals surface area contributed by atoms with Crippen LogP contribution in [0.4, 0.5) is 13.2 Å². The Hall–Kier alpha value is -1.12. The van der Waals surface area contributed by atoms with E-state index in [1.54, 1.807) is 12.4 Å². The minimum absolute atomic E-state index is 0.0368. The number of hydrazine groups is 1. The molecule has 1 unspecified atom stereocenters. The third kappa shape index (κ3) is 4.63. The Kier molecular flexibility index (Phi) is 5.57. The molecule has 0 aliphatic carbocycles. The maximum absolute atomic E-state index is 11.9. The Morgan fingerprint density at radius 2 is 2.28 bits per heavy atom. The fourth-order valence-electron chi connectivity index (χ4n) is 1.57. The van der Waals surface area contributed by atoms with Crippen molar-refractivity contribution in [3.8, 4) is 0 Å². The molecule has 0 amide bonds. The molecule has 1 aromatic rings. The molecule has 1 rings (SSSR count). The zero-order chi connectivity index (χ0) is 13.6. The molecule has 0 radical (unpaired) electrons. The summed E-state index contributed by atoms with van der Waals surface area (Å²) in [4.78, 5) is 4.13. The number of ether oxygens (including phenoxy) is 1. The van der Waals surface area contributed by atoms with Crippen molar-refractivity contribution in [1.82, 2.24) is 15.0 Å². The average molecular weight is 266 g/mol. The fourth-order valence-corrected chi connectivity index (χ4v) is 1.57. The molecule has 0 aliphatic rings. The van der Waals surface area contributed by atoms with E-state index >= 15 is 0 Å². The summed E-state index contributed by atoms with van der Waals surface area (Å²) in [6.45, 7) is 1.38. The van der Waals surface area contributed by atoms with Gasteiger partial charge in [-0.3, -0.25) is 5.84 Å². The van der Waals surface area contributed by atoms with Crippen LogP contribution in [0.1, 0.15) is 25.2 Å². The molecule has 0 spiro atoms. The molecule has 104 valence electrons. The molecular formula is C10H17F3N4O. The normalized spacial score (nSPS) is 13.8. The maximum Gasteiger partial charge on any atom is 0.411 e. The molecule has 0 aliphatic heterocycles.